The summed E-state index contributed by atoms with van der Waals surface area (Å²) in [4.78, 5) is 12.1. The Hall–Kier alpha value is -0.320. The van der Waals surface area contributed by atoms with Gasteiger partial charge in [0.15, 0.2) is 0 Å². The summed E-state index contributed by atoms with van der Waals surface area (Å²) in [7, 11) is 1.69. The Morgan fingerprint density at radius 1 is 1.30 bits per heavy atom. The summed E-state index contributed by atoms with van der Waals surface area (Å²) in [5.74, 6) is 0.526. The Morgan fingerprint density at radius 3 is 2.35 bits per heavy atom. The van der Waals surface area contributed by atoms with E-state index in [0.717, 1.165) is 12.8 Å². The third-order valence-electron chi connectivity index (χ3n) is 4.43. The van der Waals surface area contributed by atoms with Crippen molar-refractivity contribution in [2.75, 3.05) is 20.2 Å². The molecule has 0 spiro atoms. The Balaban J connectivity index is 0.00000361. The van der Waals surface area contributed by atoms with Crippen molar-refractivity contribution >= 4 is 18.3 Å². The van der Waals surface area contributed by atoms with Crippen LogP contribution >= 0.6 is 12.4 Å². The molecule has 1 amide bonds. The van der Waals surface area contributed by atoms with Crippen molar-refractivity contribution < 1.29 is 9.53 Å². The Kier molecular flexibility index (Phi) is 9.43. The Bertz CT molecular complexity index is 279. The van der Waals surface area contributed by atoms with Crippen molar-refractivity contribution in [2.24, 2.45) is 17.1 Å². The van der Waals surface area contributed by atoms with Gasteiger partial charge in [-0.05, 0) is 30.7 Å². The fourth-order valence-corrected chi connectivity index (χ4v) is 2.96. The van der Waals surface area contributed by atoms with Crippen LogP contribution in [0.3, 0.4) is 0 Å². The number of carbonyl (C=O) groups is 1. The molecule has 1 aliphatic rings. The summed E-state index contributed by atoms with van der Waals surface area (Å²) < 4.78 is 5.36. The van der Waals surface area contributed by atoms with Crippen LogP contribution in [0.1, 0.15) is 52.4 Å². The van der Waals surface area contributed by atoms with Crippen LogP contribution in [-0.4, -0.2) is 32.2 Å². The first-order valence-corrected chi connectivity index (χ1v) is 7.52. The van der Waals surface area contributed by atoms with Gasteiger partial charge in [-0.2, -0.15) is 0 Å². The van der Waals surface area contributed by atoms with E-state index in [1.165, 1.54) is 19.3 Å². The Morgan fingerprint density at radius 2 is 1.90 bits per heavy atom. The summed E-state index contributed by atoms with van der Waals surface area (Å²) in [5.41, 5.74) is 5.96. The van der Waals surface area contributed by atoms with Crippen molar-refractivity contribution in [3.05, 3.63) is 0 Å². The predicted molar refractivity (Wildman–Crippen MR) is 85.1 cm³/mol. The number of nitrogens with two attached hydrogens (primary N) is 1. The van der Waals surface area contributed by atoms with Crippen LogP contribution < -0.4 is 11.1 Å². The first-order valence-electron chi connectivity index (χ1n) is 7.52. The quantitative estimate of drug-likeness (QED) is 0.759. The molecule has 20 heavy (non-hydrogen) atoms. The van der Waals surface area contributed by atoms with E-state index < -0.39 is 0 Å². The van der Waals surface area contributed by atoms with E-state index in [1.54, 1.807) is 7.11 Å². The molecule has 0 aromatic rings. The van der Waals surface area contributed by atoms with Crippen LogP contribution in [-0.2, 0) is 9.53 Å². The van der Waals surface area contributed by atoms with Gasteiger partial charge in [0.25, 0.3) is 0 Å². The second-order valence-corrected chi connectivity index (χ2v) is 6.26. The summed E-state index contributed by atoms with van der Waals surface area (Å²) in [6.45, 7) is 5.41. The van der Waals surface area contributed by atoms with E-state index in [9.17, 15) is 4.79 Å². The Labute approximate surface area is 129 Å². The molecule has 1 aliphatic carbocycles. The van der Waals surface area contributed by atoms with Crippen LogP contribution in [0.25, 0.3) is 0 Å². The molecule has 1 unspecified atom stereocenters. The minimum Gasteiger partial charge on any atom is -0.379 e. The minimum atomic E-state index is 0. The van der Waals surface area contributed by atoms with Crippen LogP contribution in [0.2, 0.25) is 0 Å². The van der Waals surface area contributed by atoms with Gasteiger partial charge in [0, 0.05) is 20.1 Å². The smallest absolute Gasteiger partial charge is 0.220 e. The van der Waals surface area contributed by atoms with Crippen LogP contribution in [0.15, 0.2) is 0 Å². The fraction of sp³-hybridized carbons (Fsp3) is 0.933. The fourth-order valence-electron chi connectivity index (χ4n) is 2.96. The second-order valence-electron chi connectivity index (χ2n) is 6.26. The van der Waals surface area contributed by atoms with Crippen LogP contribution in [0.4, 0.5) is 0 Å². The maximum Gasteiger partial charge on any atom is 0.220 e. The van der Waals surface area contributed by atoms with Gasteiger partial charge in [-0.25, -0.2) is 0 Å². The normalized spacial score (nSPS) is 19.2. The average molecular weight is 307 g/mol. The molecule has 0 aromatic carbocycles. The van der Waals surface area contributed by atoms with Gasteiger partial charge >= 0.3 is 0 Å². The molecule has 120 valence electrons. The molecule has 0 heterocycles. The number of amides is 1. The lowest BCUT2D eigenvalue weighted by Gasteiger charge is -2.35. The summed E-state index contributed by atoms with van der Waals surface area (Å²) in [5, 5.41) is 3.00. The van der Waals surface area contributed by atoms with Crippen molar-refractivity contribution in [1.29, 1.82) is 0 Å². The number of hydrogen-bond acceptors (Lipinski definition) is 3. The van der Waals surface area contributed by atoms with E-state index >= 15 is 0 Å². The number of nitrogens with one attached hydrogen (secondary N) is 1. The van der Waals surface area contributed by atoms with Crippen LogP contribution in [0.5, 0.6) is 0 Å². The number of halogens is 1. The predicted octanol–water partition coefficient (Wildman–Crippen LogP) is 2.49. The number of hydrogen-bond donors (Lipinski definition) is 2. The van der Waals surface area contributed by atoms with E-state index in [1.807, 2.05) is 0 Å². The molecule has 1 rings (SSSR count). The average Bonchev–Trinajstić information content (AvgIpc) is 2.40. The lowest BCUT2D eigenvalue weighted by atomic mass is 9.71. The standard InChI is InChI=1S/C15H30N2O2.ClH/c1-12(2)13(19-3)10-17-14(18)9-15(11-16)7-5-4-6-8-15;/h12-13H,4-11,16H2,1-3H3,(H,17,18);1H. The third kappa shape index (κ3) is 5.98. The van der Waals surface area contributed by atoms with Crippen molar-refractivity contribution in [1.82, 2.24) is 5.32 Å². The van der Waals surface area contributed by atoms with Gasteiger partial charge in [0.05, 0.1) is 6.10 Å². The topological polar surface area (TPSA) is 64.3 Å². The van der Waals surface area contributed by atoms with Gasteiger partial charge < -0.3 is 15.8 Å². The van der Waals surface area contributed by atoms with Crippen molar-refractivity contribution in [2.45, 2.75) is 58.5 Å². The van der Waals surface area contributed by atoms with E-state index in [4.69, 9.17) is 10.5 Å². The monoisotopic (exact) mass is 306 g/mol. The number of methoxy groups -OCH3 is 1. The molecule has 0 radical (unpaired) electrons. The molecule has 3 N–H and O–H groups in total. The molecular weight excluding hydrogens is 276 g/mol. The zero-order chi connectivity index (χ0) is 14.3. The van der Waals surface area contributed by atoms with E-state index in [-0.39, 0.29) is 29.8 Å². The van der Waals surface area contributed by atoms with E-state index in [2.05, 4.69) is 19.2 Å². The minimum absolute atomic E-state index is 0. The molecule has 0 bridgehead atoms. The van der Waals surface area contributed by atoms with Gasteiger partial charge in [0.1, 0.15) is 0 Å². The first kappa shape index (κ1) is 19.7. The number of rotatable bonds is 7. The van der Waals surface area contributed by atoms with Gasteiger partial charge in [-0.1, -0.05) is 33.1 Å². The summed E-state index contributed by atoms with van der Waals surface area (Å²) in [6.07, 6.45) is 6.53. The van der Waals surface area contributed by atoms with E-state index in [0.29, 0.717) is 25.4 Å². The largest absolute Gasteiger partial charge is 0.379 e. The number of carbonyl (C=O) groups excluding carboxylic acids is 1. The molecule has 5 heteroatoms. The van der Waals surface area contributed by atoms with Gasteiger partial charge in [0.2, 0.25) is 5.91 Å². The first-order chi connectivity index (χ1) is 9.03. The highest BCUT2D eigenvalue weighted by Gasteiger charge is 2.33. The van der Waals surface area contributed by atoms with Gasteiger partial charge in [-0.15, -0.1) is 12.4 Å². The highest BCUT2D eigenvalue weighted by Crippen LogP contribution is 2.38. The maximum atomic E-state index is 12.1. The van der Waals surface area contributed by atoms with Crippen molar-refractivity contribution in [3.63, 3.8) is 0 Å². The number of ether oxygens (including phenoxy) is 1. The maximum absolute atomic E-state index is 12.1. The van der Waals surface area contributed by atoms with Crippen LogP contribution in [0, 0.1) is 11.3 Å². The summed E-state index contributed by atoms with van der Waals surface area (Å²) >= 11 is 0. The SMILES string of the molecule is COC(CNC(=O)CC1(CN)CCCCC1)C(C)C.Cl. The summed E-state index contributed by atoms with van der Waals surface area (Å²) in [6, 6.07) is 0. The molecule has 0 aromatic heterocycles. The molecule has 1 fully saturated rings. The molecule has 0 aliphatic heterocycles. The molecule has 0 saturated heterocycles. The molecule has 4 nitrogen and oxygen atoms in total. The highest BCUT2D eigenvalue weighted by atomic mass is 35.5. The second kappa shape index (κ2) is 9.59. The molecule has 1 saturated carbocycles. The molecular formula is C15H31ClN2O2. The lowest BCUT2D eigenvalue weighted by Crippen LogP contribution is -2.41. The zero-order valence-corrected chi connectivity index (χ0v) is 13.9. The van der Waals surface area contributed by atoms with Crippen molar-refractivity contribution in [3.8, 4) is 0 Å². The zero-order valence-electron chi connectivity index (χ0n) is 13.1. The lowest BCUT2D eigenvalue weighted by molar-refractivity contribution is -0.124. The highest BCUT2D eigenvalue weighted by molar-refractivity contribution is 5.85. The van der Waals surface area contributed by atoms with Gasteiger partial charge in [-0.3, -0.25) is 4.79 Å². The third-order valence-corrected chi connectivity index (χ3v) is 4.43. The molecule has 1 atom stereocenters.